The van der Waals surface area contributed by atoms with Crippen molar-refractivity contribution in [2.45, 2.75) is 91.3 Å². The van der Waals surface area contributed by atoms with E-state index >= 15 is 0 Å². The van der Waals surface area contributed by atoms with Crippen molar-refractivity contribution in [2.24, 2.45) is 40.4 Å². The number of fused-ring (bicyclic) bond motifs is 5. The zero-order valence-corrected chi connectivity index (χ0v) is 18.2. The van der Waals surface area contributed by atoms with Crippen molar-refractivity contribution in [3.8, 4) is 11.8 Å². The molecule has 0 aromatic carbocycles. The van der Waals surface area contributed by atoms with Crippen molar-refractivity contribution >= 4 is 11.8 Å². The minimum Gasteiger partial charge on any atom is -0.424 e. The average molecular weight is 401 g/mol. The van der Waals surface area contributed by atoms with Gasteiger partial charge in [0.05, 0.1) is 0 Å². The number of ether oxygens (including phenoxy) is 1. The van der Waals surface area contributed by atoms with Crippen LogP contribution in [0.15, 0.2) is 0 Å². The molecule has 0 amide bonds. The minimum absolute atomic E-state index is 0.191. The summed E-state index contributed by atoms with van der Waals surface area (Å²) < 4.78 is 4.91. The monoisotopic (exact) mass is 400 g/mol. The SMILES string of the molecule is CCC(=O)OC(O)C#CC1CC[C@H]2[C@@H]3CCC4CC(=O)CC[C@]4(C)[C@@H]3CC[C@]12C. The third-order valence-electron chi connectivity index (χ3n) is 9.39. The molecule has 0 aromatic heterocycles. The molecule has 0 aromatic rings. The van der Waals surface area contributed by atoms with Gasteiger partial charge in [0.1, 0.15) is 5.78 Å². The van der Waals surface area contributed by atoms with Crippen molar-refractivity contribution in [3.05, 3.63) is 0 Å². The maximum absolute atomic E-state index is 12.0. The lowest BCUT2D eigenvalue weighted by atomic mass is 9.45. The van der Waals surface area contributed by atoms with Gasteiger partial charge in [0.25, 0.3) is 6.29 Å². The lowest BCUT2D eigenvalue weighted by Crippen LogP contribution is -2.53. The van der Waals surface area contributed by atoms with Crippen molar-refractivity contribution < 1.29 is 19.4 Å². The third-order valence-corrected chi connectivity index (χ3v) is 9.39. The van der Waals surface area contributed by atoms with Gasteiger partial charge in [-0.3, -0.25) is 9.59 Å². The van der Waals surface area contributed by atoms with Crippen LogP contribution in [-0.4, -0.2) is 23.1 Å². The fourth-order valence-electron chi connectivity index (χ4n) is 7.69. The first-order valence-corrected chi connectivity index (χ1v) is 11.7. The van der Waals surface area contributed by atoms with E-state index < -0.39 is 12.3 Å². The van der Waals surface area contributed by atoms with Crippen molar-refractivity contribution in [2.75, 3.05) is 0 Å². The summed E-state index contributed by atoms with van der Waals surface area (Å²) in [6, 6.07) is 0. The highest BCUT2D eigenvalue weighted by atomic mass is 16.6. The van der Waals surface area contributed by atoms with Crippen LogP contribution in [0.2, 0.25) is 0 Å². The Kier molecular flexibility index (Phi) is 5.57. The summed E-state index contributed by atoms with van der Waals surface area (Å²) in [4.78, 5) is 23.4. The second-order valence-electron chi connectivity index (χ2n) is 10.6. The Morgan fingerprint density at radius 3 is 2.66 bits per heavy atom. The molecule has 4 nitrogen and oxygen atoms in total. The van der Waals surface area contributed by atoms with E-state index in [0.717, 1.165) is 37.5 Å². The molecule has 0 radical (unpaired) electrons. The number of esters is 1. The van der Waals surface area contributed by atoms with Gasteiger partial charge >= 0.3 is 5.97 Å². The molecule has 3 unspecified atom stereocenters. The van der Waals surface area contributed by atoms with Crippen LogP contribution in [0.5, 0.6) is 0 Å². The van der Waals surface area contributed by atoms with Crippen molar-refractivity contribution in [1.29, 1.82) is 0 Å². The van der Waals surface area contributed by atoms with E-state index in [0.29, 0.717) is 23.0 Å². The minimum atomic E-state index is -1.31. The molecule has 4 aliphatic carbocycles. The number of aliphatic hydroxyl groups excluding tert-OH is 1. The highest BCUT2D eigenvalue weighted by Crippen LogP contribution is 2.67. The topological polar surface area (TPSA) is 63.6 Å². The molecule has 4 heteroatoms. The Bertz CT molecular complexity index is 733. The Labute approximate surface area is 175 Å². The molecule has 4 fully saturated rings. The molecule has 4 aliphatic rings. The molecule has 4 rings (SSSR count). The first-order chi connectivity index (χ1) is 13.8. The summed E-state index contributed by atoms with van der Waals surface area (Å²) in [5, 5.41) is 9.92. The highest BCUT2D eigenvalue weighted by molar-refractivity contribution is 5.79. The maximum atomic E-state index is 12.0. The average Bonchev–Trinajstić information content (AvgIpc) is 3.03. The first kappa shape index (κ1) is 20.9. The smallest absolute Gasteiger partial charge is 0.308 e. The summed E-state index contributed by atoms with van der Waals surface area (Å²) in [5.74, 6) is 9.20. The van der Waals surface area contributed by atoms with Gasteiger partial charge in [0, 0.05) is 25.2 Å². The zero-order valence-electron chi connectivity index (χ0n) is 18.2. The largest absolute Gasteiger partial charge is 0.424 e. The van der Waals surface area contributed by atoms with Gasteiger partial charge in [-0.2, -0.15) is 0 Å². The molecule has 1 N–H and O–H groups in total. The van der Waals surface area contributed by atoms with Crippen LogP contribution < -0.4 is 0 Å². The van der Waals surface area contributed by atoms with Gasteiger partial charge in [0.2, 0.25) is 0 Å². The van der Waals surface area contributed by atoms with E-state index in [1.165, 1.54) is 32.1 Å². The standard InChI is InChI=1S/C25H36O4/c1-4-22(27)29-23(28)10-7-16-6-9-20-19-8-5-17-15-18(26)11-13-25(17,3)21(19)12-14-24(16,20)2/h16-17,19-21,23,28H,4-6,8-9,11-15H2,1-3H3/t16?,17?,19-,20-,21+,23?,24+,25-/m0/s1. The van der Waals surface area contributed by atoms with Crippen LogP contribution in [-0.2, 0) is 14.3 Å². The number of Topliss-reactive ketones (excluding diaryl/α,β-unsaturated/α-hetero) is 1. The van der Waals surface area contributed by atoms with Gasteiger partial charge in [-0.1, -0.05) is 26.7 Å². The van der Waals surface area contributed by atoms with Crippen LogP contribution in [0.25, 0.3) is 0 Å². The molecule has 0 heterocycles. The molecule has 4 saturated carbocycles. The Morgan fingerprint density at radius 2 is 1.90 bits per heavy atom. The fourth-order valence-corrected chi connectivity index (χ4v) is 7.69. The normalized spacial score (nSPS) is 44.6. The summed E-state index contributed by atoms with van der Waals surface area (Å²) in [5.41, 5.74) is 0.531. The predicted molar refractivity (Wildman–Crippen MR) is 110 cm³/mol. The molecular weight excluding hydrogens is 364 g/mol. The van der Waals surface area contributed by atoms with Crippen molar-refractivity contribution in [1.82, 2.24) is 0 Å². The summed E-state index contributed by atoms with van der Waals surface area (Å²) >= 11 is 0. The van der Waals surface area contributed by atoms with E-state index in [9.17, 15) is 14.7 Å². The van der Waals surface area contributed by atoms with Crippen molar-refractivity contribution in [3.63, 3.8) is 0 Å². The van der Waals surface area contributed by atoms with E-state index in [1.54, 1.807) is 6.92 Å². The maximum Gasteiger partial charge on any atom is 0.308 e. The number of hydrogen-bond donors (Lipinski definition) is 1. The highest BCUT2D eigenvalue weighted by Gasteiger charge is 2.59. The van der Waals surface area contributed by atoms with E-state index in [1.807, 2.05) is 0 Å². The molecule has 8 atom stereocenters. The van der Waals surface area contributed by atoms with E-state index in [-0.39, 0.29) is 17.8 Å². The molecule has 0 saturated heterocycles. The summed E-state index contributed by atoms with van der Waals surface area (Å²) in [7, 11) is 0. The zero-order chi connectivity index (χ0) is 20.8. The Morgan fingerprint density at radius 1 is 1.14 bits per heavy atom. The van der Waals surface area contributed by atoms with Gasteiger partial charge in [-0.15, -0.1) is 0 Å². The number of hydrogen-bond acceptors (Lipinski definition) is 4. The van der Waals surface area contributed by atoms with E-state index in [4.69, 9.17) is 4.74 Å². The van der Waals surface area contributed by atoms with Gasteiger partial charge in [0.15, 0.2) is 0 Å². The number of carbonyl (C=O) groups excluding carboxylic acids is 2. The third kappa shape index (κ3) is 3.54. The van der Waals surface area contributed by atoms with Gasteiger partial charge in [-0.05, 0) is 85.4 Å². The van der Waals surface area contributed by atoms with Crippen LogP contribution in [0, 0.1) is 52.3 Å². The molecule has 0 bridgehead atoms. The summed E-state index contributed by atoms with van der Waals surface area (Å²) in [6.07, 6.45) is 8.78. The fraction of sp³-hybridized carbons (Fsp3) is 0.840. The Balaban J connectivity index is 1.49. The second-order valence-corrected chi connectivity index (χ2v) is 10.6. The number of rotatable bonds is 2. The summed E-state index contributed by atoms with van der Waals surface area (Å²) in [6.45, 7) is 6.60. The Hall–Kier alpha value is -1.34. The number of aliphatic hydroxyl groups is 1. The first-order valence-electron chi connectivity index (χ1n) is 11.7. The second kappa shape index (κ2) is 7.73. The molecule has 0 aliphatic heterocycles. The molecular formula is C25H36O4. The van der Waals surface area contributed by atoms with Gasteiger partial charge < -0.3 is 9.84 Å². The number of ketones is 1. The van der Waals surface area contributed by atoms with E-state index in [2.05, 4.69) is 25.7 Å². The lowest BCUT2D eigenvalue weighted by molar-refractivity contribution is -0.159. The van der Waals surface area contributed by atoms with Crippen LogP contribution >= 0.6 is 0 Å². The van der Waals surface area contributed by atoms with Crippen LogP contribution in [0.4, 0.5) is 0 Å². The predicted octanol–water partition coefficient (Wildman–Crippen LogP) is 4.49. The molecule has 160 valence electrons. The van der Waals surface area contributed by atoms with Gasteiger partial charge in [-0.25, -0.2) is 0 Å². The molecule has 29 heavy (non-hydrogen) atoms. The quantitative estimate of drug-likeness (QED) is 0.421. The van der Waals surface area contributed by atoms with Crippen LogP contribution in [0.3, 0.4) is 0 Å². The lowest BCUT2D eigenvalue weighted by Gasteiger charge is -2.60. The molecule has 0 spiro atoms. The number of carbonyl (C=O) groups is 2. The van der Waals surface area contributed by atoms with Crippen LogP contribution in [0.1, 0.15) is 85.0 Å².